The molecule has 0 aromatic carbocycles. The molecule has 0 rings (SSSR count). The molecule has 0 saturated carbocycles. The predicted molar refractivity (Wildman–Crippen MR) is 68.2 cm³/mol. The van der Waals surface area contributed by atoms with Crippen LogP contribution in [0.4, 0.5) is 0 Å². The average molecular weight is 337 g/mol. The Kier molecular flexibility index (Phi) is 9.86. The zero-order valence-corrected chi connectivity index (χ0v) is 12.3. The van der Waals surface area contributed by atoms with E-state index in [0.29, 0.717) is 11.9 Å². The quantitative estimate of drug-likeness (QED) is 0.180. The second-order valence-corrected chi connectivity index (χ2v) is 4.97. The van der Waals surface area contributed by atoms with Gasteiger partial charge in [0.25, 0.3) is 0 Å². The summed E-state index contributed by atoms with van der Waals surface area (Å²) in [6.07, 6.45) is -0.281. The fourth-order valence-corrected chi connectivity index (χ4v) is 1.75. The number of amides is 2. The first kappa shape index (κ1) is 20.1. The molecule has 2 amide bonds. The van der Waals surface area contributed by atoms with Gasteiger partial charge in [-0.25, -0.2) is 0 Å². The second kappa shape index (κ2) is 10.8. The van der Waals surface area contributed by atoms with Crippen molar-refractivity contribution >= 4 is 35.7 Å². The lowest BCUT2D eigenvalue weighted by atomic mass is 10.1. The van der Waals surface area contributed by atoms with Crippen molar-refractivity contribution in [2.75, 3.05) is 12.3 Å². The Morgan fingerprint density at radius 3 is 2.36 bits per heavy atom. The van der Waals surface area contributed by atoms with E-state index in [1.807, 2.05) is 5.32 Å². The van der Waals surface area contributed by atoms with Gasteiger partial charge in [0.1, 0.15) is 12.1 Å². The van der Waals surface area contributed by atoms with Crippen LogP contribution >= 0.6 is 11.9 Å². The molecule has 0 bridgehead atoms. The third kappa shape index (κ3) is 9.12. The lowest BCUT2D eigenvalue weighted by molar-refractivity contribution is -0.438. The molecule has 0 spiro atoms. The molecule has 0 fully saturated rings. The largest absolute Gasteiger partial charge is 0.548 e. The van der Waals surface area contributed by atoms with Crippen molar-refractivity contribution in [3.63, 3.8) is 0 Å². The Hall–Kier alpha value is -1.89. The van der Waals surface area contributed by atoms with E-state index in [1.165, 1.54) is 0 Å². The standard InChI is InChI=1S/C10H18N4O7S/c11-5(10(19)20)1-2-7(15)13-6(4-22-14-21)9(18)12-3-8(16)17/h5-6,14,21H,1-4,11H2,(H,12,18)(H,13,15)(H,16,17)(H,19,20)/p-1/t5-,6-/m0/s1. The Morgan fingerprint density at radius 1 is 1.23 bits per heavy atom. The summed E-state index contributed by atoms with van der Waals surface area (Å²) < 4.78 is 0. The number of quaternary nitrogens is 1. The van der Waals surface area contributed by atoms with Crippen molar-refractivity contribution in [2.24, 2.45) is 0 Å². The van der Waals surface area contributed by atoms with E-state index in [9.17, 15) is 29.4 Å². The van der Waals surface area contributed by atoms with Crippen molar-refractivity contribution in [1.82, 2.24) is 15.5 Å². The zero-order valence-electron chi connectivity index (χ0n) is 11.5. The van der Waals surface area contributed by atoms with E-state index in [1.54, 1.807) is 4.89 Å². The molecule has 126 valence electrons. The van der Waals surface area contributed by atoms with Crippen molar-refractivity contribution in [1.29, 1.82) is 0 Å². The first-order valence-corrected chi connectivity index (χ1v) is 7.08. The Balaban J connectivity index is 4.43. The fourth-order valence-electron chi connectivity index (χ4n) is 1.28. The molecular formula is C10H17N4O7S-. The van der Waals surface area contributed by atoms with Crippen LogP contribution in [0, 0.1) is 0 Å². The summed E-state index contributed by atoms with van der Waals surface area (Å²) in [5, 5.41) is 33.5. The van der Waals surface area contributed by atoms with Crippen LogP contribution in [-0.2, 0) is 19.2 Å². The molecule has 2 atom stereocenters. The maximum atomic E-state index is 11.7. The minimum absolute atomic E-state index is 0.0764. The van der Waals surface area contributed by atoms with Crippen molar-refractivity contribution in [3.05, 3.63) is 0 Å². The van der Waals surface area contributed by atoms with Crippen molar-refractivity contribution in [3.8, 4) is 0 Å². The number of carbonyl (C=O) groups excluding carboxylic acids is 4. The first-order chi connectivity index (χ1) is 10.3. The first-order valence-electron chi connectivity index (χ1n) is 6.09. The predicted octanol–water partition coefficient (Wildman–Crippen LogP) is -5.90. The van der Waals surface area contributed by atoms with Gasteiger partial charge in [-0.1, -0.05) is 11.9 Å². The monoisotopic (exact) mass is 337 g/mol. The van der Waals surface area contributed by atoms with E-state index in [0.717, 1.165) is 0 Å². The third-order valence-electron chi connectivity index (χ3n) is 2.43. The maximum absolute atomic E-state index is 11.7. The molecule has 7 N–H and O–H groups in total. The van der Waals surface area contributed by atoms with Gasteiger partial charge in [-0.15, -0.1) is 4.89 Å². The molecule has 0 heterocycles. The average Bonchev–Trinajstić information content (AvgIpc) is 2.46. The topological polar surface area (TPSA) is 198 Å². The number of hydrogen-bond acceptors (Lipinski definition) is 9. The minimum Gasteiger partial charge on any atom is -0.548 e. The van der Waals surface area contributed by atoms with Gasteiger partial charge in [0.15, 0.2) is 0 Å². The normalized spacial score (nSPS) is 13.0. The lowest BCUT2D eigenvalue weighted by Crippen LogP contribution is -2.68. The van der Waals surface area contributed by atoms with E-state index < -0.39 is 42.4 Å². The van der Waals surface area contributed by atoms with Crippen molar-refractivity contribution in [2.45, 2.75) is 24.9 Å². The van der Waals surface area contributed by atoms with Crippen LogP contribution in [0.25, 0.3) is 0 Å². The summed E-state index contributed by atoms with van der Waals surface area (Å²) in [6, 6.07) is -2.19. The van der Waals surface area contributed by atoms with Gasteiger partial charge >= 0.3 is 0 Å². The smallest absolute Gasteiger partial charge is 0.243 e. The van der Waals surface area contributed by atoms with Gasteiger partial charge < -0.3 is 41.4 Å². The Morgan fingerprint density at radius 2 is 1.86 bits per heavy atom. The molecular weight excluding hydrogens is 320 g/mol. The van der Waals surface area contributed by atoms with E-state index in [2.05, 4.69) is 11.1 Å². The van der Waals surface area contributed by atoms with Gasteiger partial charge in [-0.2, -0.15) is 0 Å². The second-order valence-electron chi connectivity index (χ2n) is 4.17. The van der Waals surface area contributed by atoms with Gasteiger partial charge in [0, 0.05) is 18.6 Å². The van der Waals surface area contributed by atoms with Crippen LogP contribution in [0.1, 0.15) is 12.8 Å². The third-order valence-corrected chi connectivity index (χ3v) is 3.06. The number of nitrogens with one attached hydrogen (secondary N) is 3. The molecule has 0 aromatic heterocycles. The Labute approximate surface area is 129 Å². The highest BCUT2D eigenvalue weighted by Crippen LogP contribution is 2.00. The summed E-state index contributed by atoms with van der Waals surface area (Å²) in [4.78, 5) is 45.8. The highest BCUT2D eigenvalue weighted by Gasteiger charge is 2.21. The van der Waals surface area contributed by atoms with Crippen LogP contribution in [-0.4, -0.2) is 53.3 Å². The Bertz CT molecular complexity index is 420. The van der Waals surface area contributed by atoms with E-state index >= 15 is 0 Å². The lowest BCUT2D eigenvalue weighted by Gasteiger charge is -2.18. The van der Waals surface area contributed by atoms with Crippen LogP contribution in [0.5, 0.6) is 0 Å². The summed E-state index contributed by atoms with van der Waals surface area (Å²) in [6.45, 7) is -0.728. The summed E-state index contributed by atoms with van der Waals surface area (Å²) in [7, 11) is 0. The maximum Gasteiger partial charge on any atom is 0.243 e. The summed E-state index contributed by atoms with van der Waals surface area (Å²) in [5.41, 5.74) is 3.28. The minimum atomic E-state index is -1.50. The summed E-state index contributed by atoms with van der Waals surface area (Å²) in [5.74, 6) is -4.39. The van der Waals surface area contributed by atoms with Crippen LogP contribution in [0.2, 0.25) is 0 Å². The fraction of sp³-hybridized carbons (Fsp3) is 0.600. The number of carbonyl (C=O) groups is 4. The molecule has 0 saturated heterocycles. The number of hydrogen-bond donors (Lipinski definition) is 5. The molecule has 0 aromatic rings. The highest BCUT2D eigenvalue weighted by atomic mass is 32.2. The SMILES string of the molecule is [NH3+][C@@H](CCC(=O)N[C@@H](CSNO)C(=O)NCC(=O)[O-])C(=O)[O-]. The van der Waals surface area contributed by atoms with Crippen molar-refractivity contribution < 1.29 is 40.3 Å². The number of aliphatic carboxylic acids is 2. The zero-order chi connectivity index (χ0) is 17.1. The molecule has 22 heavy (non-hydrogen) atoms. The van der Waals surface area contributed by atoms with Crippen LogP contribution in [0.3, 0.4) is 0 Å². The molecule has 0 aliphatic rings. The number of carboxylic acid groups (broad SMARTS) is 2. The molecule has 0 aliphatic carbocycles. The summed E-state index contributed by atoms with van der Waals surface area (Å²) >= 11 is 0.701. The molecule has 11 nitrogen and oxygen atoms in total. The van der Waals surface area contributed by atoms with Gasteiger partial charge in [-0.3, -0.25) is 9.59 Å². The van der Waals surface area contributed by atoms with Gasteiger partial charge in [-0.05, 0) is 0 Å². The van der Waals surface area contributed by atoms with Gasteiger partial charge in [0.05, 0.1) is 18.5 Å². The van der Waals surface area contributed by atoms with Crippen LogP contribution in [0.15, 0.2) is 0 Å². The number of carboxylic acids is 2. The molecule has 12 heteroatoms. The highest BCUT2D eigenvalue weighted by molar-refractivity contribution is 7.97. The van der Waals surface area contributed by atoms with E-state index in [-0.39, 0.29) is 18.6 Å². The van der Waals surface area contributed by atoms with Gasteiger partial charge in [0.2, 0.25) is 11.8 Å². The van der Waals surface area contributed by atoms with Crippen LogP contribution < -0.4 is 31.5 Å². The number of rotatable bonds is 11. The van der Waals surface area contributed by atoms with E-state index in [4.69, 9.17) is 5.21 Å². The molecule has 0 radical (unpaired) electrons. The molecule has 0 unspecified atom stereocenters. The molecule has 0 aliphatic heterocycles.